The fourth-order valence-electron chi connectivity index (χ4n) is 2.22. The molecule has 25 heavy (non-hydrogen) atoms. The number of carbonyl (C=O) groups excluding carboxylic acids is 1. The number of benzene rings is 2. The van der Waals surface area contributed by atoms with Crippen molar-refractivity contribution in [3.63, 3.8) is 0 Å². The molecule has 6 nitrogen and oxygen atoms in total. The van der Waals surface area contributed by atoms with Crippen LogP contribution in [-0.4, -0.2) is 41.9 Å². The van der Waals surface area contributed by atoms with Crippen LogP contribution in [0.3, 0.4) is 0 Å². The smallest absolute Gasteiger partial charge is 0.230 e. The van der Waals surface area contributed by atoms with Crippen molar-refractivity contribution in [2.45, 2.75) is 5.16 Å². The summed E-state index contributed by atoms with van der Waals surface area (Å²) in [5.74, 6) is 1.80. The fraction of sp³-hybridized carbons (Fsp3) is 0.222. The lowest BCUT2D eigenvalue weighted by atomic mass is 10.3. The van der Waals surface area contributed by atoms with E-state index in [9.17, 15) is 4.79 Å². The molecule has 2 N–H and O–H groups in total. The number of methoxy groups -OCH3 is 1. The van der Waals surface area contributed by atoms with Crippen LogP contribution < -0.4 is 14.8 Å². The molecule has 0 aliphatic carbocycles. The lowest BCUT2D eigenvalue weighted by Gasteiger charge is -2.07. The van der Waals surface area contributed by atoms with Crippen molar-refractivity contribution < 1.29 is 14.3 Å². The first-order valence-corrected chi connectivity index (χ1v) is 8.84. The molecule has 0 bridgehead atoms. The topological polar surface area (TPSA) is 76.2 Å². The number of hydrogen-bond donors (Lipinski definition) is 2. The first-order valence-electron chi connectivity index (χ1n) is 7.86. The monoisotopic (exact) mass is 357 g/mol. The van der Waals surface area contributed by atoms with Gasteiger partial charge in [-0.25, -0.2) is 4.98 Å². The van der Waals surface area contributed by atoms with Crippen LogP contribution in [0.1, 0.15) is 0 Å². The van der Waals surface area contributed by atoms with Crippen LogP contribution in [0.25, 0.3) is 11.0 Å². The second-order valence-electron chi connectivity index (χ2n) is 5.23. The zero-order valence-corrected chi connectivity index (χ0v) is 14.6. The highest BCUT2D eigenvalue weighted by atomic mass is 32.2. The number of para-hydroxylation sites is 1. The number of fused-ring (bicyclic) bond motifs is 1. The van der Waals surface area contributed by atoms with E-state index < -0.39 is 0 Å². The lowest BCUT2D eigenvalue weighted by Crippen LogP contribution is -2.29. The number of aromatic amines is 1. The summed E-state index contributed by atoms with van der Waals surface area (Å²) in [4.78, 5) is 19.5. The summed E-state index contributed by atoms with van der Waals surface area (Å²) in [6.45, 7) is 0.899. The van der Waals surface area contributed by atoms with Gasteiger partial charge >= 0.3 is 0 Å². The number of ether oxygens (including phenoxy) is 2. The molecule has 0 saturated heterocycles. The van der Waals surface area contributed by atoms with E-state index >= 15 is 0 Å². The SMILES string of the molecule is COc1ccc2nc(SCC(=O)NCCOc3ccccc3)[nH]c2c1. The van der Waals surface area contributed by atoms with E-state index in [2.05, 4.69) is 15.3 Å². The number of imidazole rings is 1. The molecule has 7 heteroatoms. The molecule has 0 fully saturated rings. The maximum atomic E-state index is 11.9. The van der Waals surface area contributed by atoms with Crippen LogP contribution in [0.2, 0.25) is 0 Å². The third-order valence-corrected chi connectivity index (χ3v) is 4.32. The van der Waals surface area contributed by atoms with Crippen LogP contribution in [0.5, 0.6) is 11.5 Å². The van der Waals surface area contributed by atoms with Crippen LogP contribution in [0, 0.1) is 0 Å². The molecule has 2 aromatic carbocycles. The Morgan fingerprint density at radius 2 is 2.04 bits per heavy atom. The molecule has 1 aromatic heterocycles. The first kappa shape index (κ1) is 17.2. The Balaban J connectivity index is 1.41. The number of rotatable bonds is 8. The number of thioether (sulfide) groups is 1. The first-order chi connectivity index (χ1) is 12.2. The van der Waals surface area contributed by atoms with Crippen molar-refractivity contribution in [2.24, 2.45) is 0 Å². The summed E-state index contributed by atoms with van der Waals surface area (Å²) in [7, 11) is 1.62. The van der Waals surface area contributed by atoms with Crippen LogP contribution in [0.4, 0.5) is 0 Å². The van der Waals surface area contributed by atoms with Crippen LogP contribution in [-0.2, 0) is 4.79 Å². The zero-order valence-electron chi connectivity index (χ0n) is 13.8. The highest BCUT2D eigenvalue weighted by molar-refractivity contribution is 7.99. The lowest BCUT2D eigenvalue weighted by molar-refractivity contribution is -0.118. The number of H-pyrrole nitrogens is 1. The van der Waals surface area contributed by atoms with Gasteiger partial charge in [-0.1, -0.05) is 30.0 Å². The minimum absolute atomic E-state index is 0.0558. The molecule has 1 heterocycles. The minimum Gasteiger partial charge on any atom is -0.497 e. The summed E-state index contributed by atoms with van der Waals surface area (Å²) in [6, 6.07) is 15.1. The van der Waals surface area contributed by atoms with Crippen molar-refractivity contribution >= 4 is 28.7 Å². The number of hydrogen-bond acceptors (Lipinski definition) is 5. The molecule has 1 amide bonds. The molecular weight excluding hydrogens is 338 g/mol. The zero-order chi connectivity index (χ0) is 17.5. The molecule has 0 spiro atoms. The Kier molecular flexibility index (Phi) is 5.79. The van der Waals surface area contributed by atoms with E-state index in [-0.39, 0.29) is 5.91 Å². The highest BCUT2D eigenvalue weighted by Gasteiger charge is 2.07. The second-order valence-corrected chi connectivity index (χ2v) is 6.19. The number of carbonyl (C=O) groups is 1. The van der Waals surface area contributed by atoms with Crippen molar-refractivity contribution in [2.75, 3.05) is 26.0 Å². The Hall–Kier alpha value is -2.67. The van der Waals surface area contributed by atoms with Gasteiger partial charge < -0.3 is 19.8 Å². The summed E-state index contributed by atoms with van der Waals surface area (Å²) < 4.78 is 10.7. The van der Waals surface area contributed by atoms with Gasteiger partial charge in [0, 0.05) is 6.07 Å². The number of amides is 1. The molecule has 130 valence electrons. The van der Waals surface area contributed by atoms with E-state index in [0.717, 1.165) is 22.5 Å². The third-order valence-electron chi connectivity index (χ3n) is 3.44. The van der Waals surface area contributed by atoms with Gasteiger partial charge in [0.2, 0.25) is 5.91 Å². The normalized spacial score (nSPS) is 10.6. The van der Waals surface area contributed by atoms with Crippen molar-refractivity contribution in [1.82, 2.24) is 15.3 Å². The Labute approximate surface area is 149 Å². The molecular formula is C18H19N3O3S. The molecule has 3 aromatic rings. The summed E-state index contributed by atoms with van der Waals surface area (Å²) in [5.41, 5.74) is 1.73. The molecule has 0 saturated carbocycles. The number of nitrogens with one attached hydrogen (secondary N) is 2. The standard InChI is InChI=1S/C18H19N3O3S/c1-23-14-7-8-15-16(11-14)21-18(20-15)25-12-17(22)19-9-10-24-13-5-3-2-4-6-13/h2-8,11H,9-10,12H2,1H3,(H,19,22)(H,20,21). The van der Waals surface area contributed by atoms with Gasteiger partial charge in [0.15, 0.2) is 5.16 Å². The van der Waals surface area contributed by atoms with E-state index in [1.165, 1.54) is 11.8 Å². The van der Waals surface area contributed by atoms with Crippen LogP contribution in [0.15, 0.2) is 53.7 Å². The molecule has 0 aliphatic rings. The van der Waals surface area contributed by atoms with Gasteiger partial charge in [0.25, 0.3) is 0 Å². The predicted octanol–water partition coefficient (Wildman–Crippen LogP) is 2.86. The molecule has 0 atom stereocenters. The largest absolute Gasteiger partial charge is 0.497 e. The maximum Gasteiger partial charge on any atom is 0.230 e. The average molecular weight is 357 g/mol. The minimum atomic E-state index is -0.0558. The van der Waals surface area contributed by atoms with Gasteiger partial charge in [0.1, 0.15) is 18.1 Å². The van der Waals surface area contributed by atoms with E-state index in [0.29, 0.717) is 24.1 Å². The van der Waals surface area contributed by atoms with Crippen molar-refractivity contribution in [1.29, 1.82) is 0 Å². The van der Waals surface area contributed by atoms with E-state index in [1.807, 2.05) is 48.5 Å². The quantitative estimate of drug-likeness (QED) is 0.479. The van der Waals surface area contributed by atoms with Gasteiger partial charge in [0.05, 0.1) is 30.4 Å². The third kappa shape index (κ3) is 4.90. The molecule has 3 rings (SSSR count). The Morgan fingerprint density at radius 1 is 1.20 bits per heavy atom. The van der Waals surface area contributed by atoms with Gasteiger partial charge in [-0.2, -0.15) is 0 Å². The number of aromatic nitrogens is 2. The van der Waals surface area contributed by atoms with E-state index in [1.54, 1.807) is 7.11 Å². The van der Waals surface area contributed by atoms with Crippen LogP contribution >= 0.6 is 11.8 Å². The summed E-state index contributed by atoms with van der Waals surface area (Å²) >= 11 is 1.36. The van der Waals surface area contributed by atoms with Crippen molar-refractivity contribution in [3.8, 4) is 11.5 Å². The van der Waals surface area contributed by atoms with E-state index in [4.69, 9.17) is 9.47 Å². The molecule has 0 aliphatic heterocycles. The van der Waals surface area contributed by atoms with Gasteiger partial charge in [-0.05, 0) is 24.3 Å². The van der Waals surface area contributed by atoms with Gasteiger partial charge in [-0.15, -0.1) is 0 Å². The predicted molar refractivity (Wildman–Crippen MR) is 98.3 cm³/mol. The molecule has 0 radical (unpaired) electrons. The van der Waals surface area contributed by atoms with Crippen molar-refractivity contribution in [3.05, 3.63) is 48.5 Å². The fourth-order valence-corrected chi connectivity index (χ4v) is 2.94. The maximum absolute atomic E-state index is 11.9. The second kappa shape index (κ2) is 8.43. The highest BCUT2D eigenvalue weighted by Crippen LogP contribution is 2.22. The average Bonchev–Trinajstić information content (AvgIpc) is 3.06. The Bertz CT molecular complexity index is 836. The number of nitrogens with zero attached hydrogens (tertiary/aromatic N) is 1. The Morgan fingerprint density at radius 3 is 2.84 bits per heavy atom. The summed E-state index contributed by atoms with van der Waals surface area (Å²) in [5, 5.41) is 3.54. The molecule has 0 unspecified atom stereocenters. The summed E-state index contributed by atoms with van der Waals surface area (Å²) in [6.07, 6.45) is 0. The van der Waals surface area contributed by atoms with Gasteiger partial charge in [-0.3, -0.25) is 4.79 Å².